The molecule has 2 aliphatic heterocycles. The second kappa shape index (κ2) is 18.3. The zero-order valence-corrected chi connectivity index (χ0v) is 33.2. The summed E-state index contributed by atoms with van der Waals surface area (Å²) >= 11 is 0. The van der Waals surface area contributed by atoms with Crippen LogP contribution in [-0.2, 0) is 27.5 Å². The number of H-pyrrole nitrogens is 2. The number of likely N-dealkylation sites (tertiary alicyclic amines) is 2. The van der Waals surface area contributed by atoms with Gasteiger partial charge in [0.25, 0.3) is 11.8 Å². The number of aromatic amines is 2. The van der Waals surface area contributed by atoms with Crippen LogP contribution in [0.5, 0.6) is 0 Å². The highest BCUT2D eigenvalue weighted by molar-refractivity contribution is 5.88. The molecule has 2 aliphatic rings. The van der Waals surface area contributed by atoms with Crippen LogP contribution in [-0.4, -0.2) is 77.0 Å². The molecule has 6 aromatic rings. The lowest BCUT2D eigenvalue weighted by atomic mass is 10.1. The number of carbonyl (C=O) groups is 4. The van der Waals surface area contributed by atoms with Crippen molar-refractivity contribution in [1.82, 2.24) is 40.4 Å². The van der Waals surface area contributed by atoms with Gasteiger partial charge in [-0.3, -0.25) is 9.59 Å². The summed E-state index contributed by atoms with van der Waals surface area (Å²) in [5.41, 5.74) is 6.47. The van der Waals surface area contributed by atoms with Crippen LogP contribution in [0.25, 0.3) is 22.5 Å². The van der Waals surface area contributed by atoms with E-state index in [0.29, 0.717) is 61.9 Å². The minimum Gasteiger partial charge on any atom is -0.465 e. The molecule has 8 rings (SSSR count). The van der Waals surface area contributed by atoms with Gasteiger partial charge in [0, 0.05) is 36.6 Å². The lowest BCUT2D eigenvalue weighted by molar-refractivity contribution is -0.135. The first kappa shape index (κ1) is 40.5. The molecule has 15 nitrogen and oxygen atoms in total. The van der Waals surface area contributed by atoms with Crippen molar-refractivity contribution in [3.8, 4) is 22.5 Å². The van der Waals surface area contributed by atoms with Crippen LogP contribution in [0.15, 0.2) is 122 Å². The van der Waals surface area contributed by atoms with Crippen molar-refractivity contribution in [1.29, 1.82) is 0 Å². The van der Waals surface area contributed by atoms with Crippen LogP contribution in [0.3, 0.4) is 0 Å². The average molecular weight is 823 g/mol. The Kier molecular flexibility index (Phi) is 12.2. The SMILES string of the molecule is O=C(O)N[C@@H](C(=O)N1CCC[C@H]1c1nc(-c2ccc(COCc3ccc(-c4c[nH]c([C@@H]5CCCN5C(=O)[C@H](NC(=O)O)c5ccccc5)n4)cc3)cc2)c[nH]1)c1ccccc1. The predicted octanol–water partition coefficient (Wildman–Crippen LogP) is 7.53. The summed E-state index contributed by atoms with van der Waals surface area (Å²) < 4.78 is 6.06. The second-order valence-corrected chi connectivity index (χ2v) is 15.2. The fourth-order valence-corrected chi connectivity index (χ4v) is 8.22. The molecule has 2 saturated heterocycles. The fraction of sp³-hybridized carbons (Fsp3) is 0.261. The number of hydrogen-bond donors (Lipinski definition) is 6. The van der Waals surface area contributed by atoms with Crippen molar-refractivity contribution in [2.24, 2.45) is 0 Å². The molecule has 0 unspecified atom stereocenters. The monoisotopic (exact) mass is 822 g/mol. The number of hydrogen-bond acceptors (Lipinski definition) is 7. The number of imidazole rings is 2. The van der Waals surface area contributed by atoms with Crippen molar-refractivity contribution in [2.75, 3.05) is 13.1 Å². The number of aromatic nitrogens is 4. The van der Waals surface area contributed by atoms with Gasteiger partial charge >= 0.3 is 12.2 Å². The van der Waals surface area contributed by atoms with Crippen LogP contribution >= 0.6 is 0 Å². The number of rotatable bonds is 14. The summed E-state index contributed by atoms with van der Waals surface area (Å²) in [5.74, 6) is 0.699. The normalized spacial score (nSPS) is 17.2. The Morgan fingerprint density at radius 1 is 0.607 bits per heavy atom. The summed E-state index contributed by atoms with van der Waals surface area (Å²) in [5, 5.41) is 23.7. The Hall–Kier alpha value is -7.26. The molecule has 4 heterocycles. The molecule has 0 radical (unpaired) electrons. The Labute approximate surface area is 351 Å². The molecule has 4 amide bonds. The number of benzene rings is 4. The van der Waals surface area contributed by atoms with Gasteiger partial charge < -0.3 is 45.4 Å². The third kappa shape index (κ3) is 9.31. The van der Waals surface area contributed by atoms with E-state index in [2.05, 4.69) is 20.6 Å². The first-order valence-electron chi connectivity index (χ1n) is 20.3. The number of nitrogens with zero attached hydrogens (tertiary/aromatic N) is 4. The number of amides is 4. The smallest absolute Gasteiger partial charge is 0.405 e. The van der Waals surface area contributed by atoms with Crippen LogP contribution in [0.4, 0.5) is 9.59 Å². The van der Waals surface area contributed by atoms with E-state index in [-0.39, 0.29) is 23.9 Å². The van der Waals surface area contributed by atoms with Crippen LogP contribution in [0, 0.1) is 0 Å². The third-order valence-electron chi connectivity index (χ3n) is 11.2. The van der Waals surface area contributed by atoms with Crippen LogP contribution in [0.1, 0.15) is 83.8 Å². The van der Waals surface area contributed by atoms with Gasteiger partial charge in [0.05, 0.1) is 36.7 Å². The van der Waals surface area contributed by atoms with Gasteiger partial charge in [-0.25, -0.2) is 19.6 Å². The minimum atomic E-state index is -1.26. The summed E-state index contributed by atoms with van der Waals surface area (Å²) in [6.07, 6.45) is 4.12. The molecule has 0 spiro atoms. The lowest BCUT2D eigenvalue weighted by Gasteiger charge is -2.28. The van der Waals surface area contributed by atoms with E-state index in [1.165, 1.54) is 0 Å². The zero-order chi connectivity index (χ0) is 42.3. The highest BCUT2D eigenvalue weighted by Crippen LogP contribution is 2.36. The molecule has 61 heavy (non-hydrogen) atoms. The Morgan fingerprint density at radius 3 is 1.38 bits per heavy atom. The standard InChI is InChI=1S/C46H46N8O7/c55-43(39(51-45(57)58)33-9-3-1-4-10-33)53-23-7-13-37(53)41-47-25-35(49-41)31-19-15-29(16-20-31)27-61-28-30-17-21-32(22-18-30)36-26-48-42(50-36)38-14-8-24-54(38)44(56)40(52-46(59)60)34-11-5-2-6-12-34/h1-6,9-12,15-22,25-26,37-40,51-52H,7-8,13-14,23-24,27-28H2,(H,47,49)(H,48,50)(H,57,58)(H,59,60)/t37-,38-,39+,40+/m0/s1. The largest absolute Gasteiger partial charge is 0.465 e. The van der Waals surface area contributed by atoms with E-state index >= 15 is 0 Å². The molecular formula is C46H46N8O7. The van der Waals surface area contributed by atoms with E-state index in [4.69, 9.17) is 14.7 Å². The summed E-state index contributed by atoms with van der Waals surface area (Å²) in [4.78, 5) is 70.2. The number of ether oxygens (including phenoxy) is 1. The van der Waals surface area contributed by atoms with Gasteiger partial charge in [0.1, 0.15) is 23.7 Å². The second-order valence-electron chi connectivity index (χ2n) is 15.2. The molecule has 15 heteroatoms. The summed E-state index contributed by atoms with van der Waals surface area (Å²) in [7, 11) is 0. The molecule has 6 N–H and O–H groups in total. The molecule has 0 bridgehead atoms. The highest BCUT2D eigenvalue weighted by atomic mass is 16.5. The molecule has 4 aromatic carbocycles. The maximum Gasteiger partial charge on any atom is 0.405 e. The summed E-state index contributed by atoms with van der Waals surface area (Å²) in [6, 6.07) is 31.0. The topological polar surface area (TPSA) is 206 Å². The maximum absolute atomic E-state index is 13.7. The van der Waals surface area contributed by atoms with Crippen molar-refractivity contribution < 1.29 is 34.1 Å². The molecule has 2 fully saturated rings. The van der Waals surface area contributed by atoms with E-state index in [9.17, 15) is 29.4 Å². The molecular weight excluding hydrogens is 777 g/mol. The predicted molar refractivity (Wildman–Crippen MR) is 225 cm³/mol. The third-order valence-corrected chi connectivity index (χ3v) is 11.2. The highest BCUT2D eigenvalue weighted by Gasteiger charge is 2.38. The van der Waals surface area contributed by atoms with E-state index < -0.39 is 24.3 Å². The van der Waals surface area contributed by atoms with Gasteiger partial charge in [-0.2, -0.15) is 0 Å². The number of nitrogens with one attached hydrogen (secondary N) is 4. The van der Waals surface area contributed by atoms with Crippen LogP contribution in [0.2, 0.25) is 0 Å². The molecule has 312 valence electrons. The van der Waals surface area contributed by atoms with Gasteiger partial charge in [-0.05, 0) is 47.9 Å². The minimum absolute atomic E-state index is 0.300. The van der Waals surface area contributed by atoms with Crippen molar-refractivity contribution in [3.05, 3.63) is 155 Å². The number of carbonyl (C=O) groups excluding carboxylic acids is 2. The van der Waals surface area contributed by atoms with Crippen LogP contribution < -0.4 is 10.6 Å². The molecule has 0 aliphatic carbocycles. The lowest BCUT2D eigenvalue weighted by Crippen LogP contribution is -2.42. The molecule has 4 atom stereocenters. The quantitative estimate of drug-likeness (QED) is 0.0641. The van der Waals surface area contributed by atoms with E-state index in [1.54, 1.807) is 58.3 Å². The molecule has 2 aromatic heterocycles. The number of carboxylic acid groups (broad SMARTS) is 2. The fourth-order valence-electron chi connectivity index (χ4n) is 8.22. The zero-order valence-electron chi connectivity index (χ0n) is 33.2. The Morgan fingerprint density at radius 2 is 1.00 bits per heavy atom. The van der Waals surface area contributed by atoms with Gasteiger partial charge in [-0.1, -0.05) is 109 Å². The van der Waals surface area contributed by atoms with E-state index in [0.717, 1.165) is 46.5 Å². The van der Waals surface area contributed by atoms with E-state index in [1.807, 2.05) is 73.1 Å². The van der Waals surface area contributed by atoms with Crippen molar-refractivity contribution in [3.63, 3.8) is 0 Å². The van der Waals surface area contributed by atoms with Crippen molar-refractivity contribution in [2.45, 2.75) is 63.1 Å². The Bertz CT molecular complexity index is 2280. The average Bonchev–Trinajstić information content (AvgIpc) is 4.13. The first-order chi connectivity index (χ1) is 29.7. The first-order valence-corrected chi connectivity index (χ1v) is 20.3. The summed E-state index contributed by atoms with van der Waals surface area (Å²) in [6.45, 7) is 1.83. The maximum atomic E-state index is 13.7. The molecule has 0 saturated carbocycles. The van der Waals surface area contributed by atoms with Gasteiger partial charge in [-0.15, -0.1) is 0 Å². The van der Waals surface area contributed by atoms with Gasteiger partial charge in [0.15, 0.2) is 0 Å². The van der Waals surface area contributed by atoms with Crippen molar-refractivity contribution >= 4 is 24.0 Å². The Balaban J connectivity index is 0.843. The van der Waals surface area contributed by atoms with Gasteiger partial charge in [0.2, 0.25) is 0 Å².